The molecule has 132 valence electrons. The molecule has 2 aromatic heterocycles. The van der Waals surface area contributed by atoms with Gasteiger partial charge in [0.15, 0.2) is 0 Å². The highest BCUT2D eigenvalue weighted by Crippen LogP contribution is 2.19. The van der Waals surface area contributed by atoms with Gasteiger partial charge in [-0.3, -0.25) is 0 Å². The Labute approximate surface area is 142 Å². The standard InChI is InChI=1S/C16H24N4O3S/c1-13-5-3-7-19-11-15(18-16(13)19)9-17-24(21,22)20-8-4-6-14(10-20)12-23-2/h3,5,7,11,14,17H,4,6,8-10,12H2,1-2H3. The lowest BCUT2D eigenvalue weighted by molar-refractivity contribution is 0.118. The molecule has 24 heavy (non-hydrogen) atoms. The highest BCUT2D eigenvalue weighted by atomic mass is 32.2. The molecule has 0 saturated carbocycles. The maximum absolute atomic E-state index is 12.5. The molecule has 0 spiro atoms. The summed E-state index contributed by atoms with van der Waals surface area (Å²) in [6.45, 7) is 3.83. The van der Waals surface area contributed by atoms with Crippen molar-refractivity contribution in [2.75, 3.05) is 26.8 Å². The third-order valence-electron chi connectivity index (χ3n) is 4.39. The van der Waals surface area contributed by atoms with Crippen molar-refractivity contribution in [2.45, 2.75) is 26.3 Å². The summed E-state index contributed by atoms with van der Waals surface area (Å²) in [6, 6.07) is 3.93. The number of ether oxygens (including phenoxy) is 1. The first-order valence-corrected chi connectivity index (χ1v) is 9.60. The maximum atomic E-state index is 12.5. The fraction of sp³-hybridized carbons (Fsp3) is 0.562. The minimum atomic E-state index is -3.50. The van der Waals surface area contributed by atoms with Gasteiger partial charge in [0.2, 0.25) is 0 Å². The van der Waals surface area contributed by atoms with E-state index in [-0.39, 0.29) is 12.5 Å². The van der Waals surface area contributed by atoms with Crippen LogP contribution in [-0.4, -0.2) is 48.9 Å². The molecule has 3 rings (SSSR count). The Morgan fingerprint density at radius 3 is 3.04 bits per heavy atom. The summed E-state index contributed by atoms with van der Waals surface area (Å²) in [4.78, 5) is 4.50. The van der Waals surface area contributed by atoms with Crippen molar-refractivity contribution in [3.8, 4) is 0 Å². The van der Waals surface area contributed by atoms with E-state index in [0.29, 0.717) is 25.4 Å². The smallest absolute Gasteiger partial charge is 0.279 e. The Hall–Kier alpha value is -1.48. The second-order valence-corrected chi connectivity index (χ2v) is 8.06. The fourth-order valence-electron chi connectivity index (χ4n) is 3.16. The number of imidazole rings is 1. The van der Waals surface area contributed by atoms with Gasteiger partial charge in [-0.2, -0.15) is 17.4 Å². The quantitative estimate of drug-likeness (QED) is 0.851. The molecule has 1 atom stereocenters. The van der Waals surface area contributed by atoms with E-state index in [0.717, 1.165) is 24.1 Å². The number of nitrogens with one attached hydrogen (secondary N) is 1. The minimum Gasteiger partial charge on any atom is -0.384 e. The summed E-state index contributed by atoms with van der Waals surface area (Å²) in [5.74, 6) is 0.262. The van der Waals surface area contributed by atoms with Crippen LogP contribution in [0.4, 0.5) is 0 Å². The zero-order valence-corrected chi connectivity index (χ0v) is 14.9. The summed E-state index contributed by atoms with van der Waals surface area (Å²) in [6.07, 6.45) is 5.64. The van der Waals surface area contributed by atoms with E-state index in [1.807, 2.05) is 35.9 Å². The van der Waals surface area contributed by atoms with E-state index in [9.17, 15) is 8.42 Å². The molecule has 1 aliphatic rings. The van der Waals surface area contributed by atoms with E-state index < -0.39 is 10.2 Å². The molecule has 0 bridgehead atoms. The molecule has 1 unspecified atom stereocenters. The number of pyridine rings is 1. The number of hydrogen-bond acceptors (Lipinski definition) is 4. The molecule has 0 aliphatic carbocycles. The first-order valence-electron chi connectivity index (χ1n) is 8.16. The van der Waals surface area contributed by atoms with Crippen molar-refractivity contribution in [3.63, 3.8) is 0 Å². The van der Waals surface area contributed by atoms with E-state index in [1.54, 1.807) is 7.11 Å². The predicted molar refractivity (Wildman–Crippen MR) is 91.9 cm³/mol. The van der Waals surface area contributed by atoms with Crippen LogP contribution in [0.1, 0.15) is 24.1 Å². The van der Waals surface area contributed by atoms with Gasteiger partial charge in [-0.25, -0.2) is 4.98 Å². The van der Waals surface area contributed by atoms with Gasteiger partial charge in [-0.1, -0.05) is 6.07 Å². The summed E-state index contributed by atoms with van der Waals surface area (Å²) < 4.78 is 36.3. The second kappa shape index (κ2) is 7.18. The zero-order chi connectivity index (χ0) is 17.2. The molecule has 8 heteroatoms. The van der Waals surface area contributed by atoms with Crippen LogP contribution in [0.25, 0.3) is 5.65 Å². The van der Waals surface area contributed by atoms with Crippen molar-refractivity contribution in [1.29, 1.82) is 0 Å². The lowest BCUT2D eigenvalue weighted by Crippen LogP contribution is -2.46. The first kappa shape index (κ1) is 17.3. The van der Waals surface area contributed by atoms with Crippen LogP contribution in [0.5, 0.6) is 0 Å². The number of nitrogens with zero attached hydrogens (tertiary/aromatic N) is 3. The predicted octanol–water partition coefficient (Wildman–Crippen LogP) is 1.34. The van der Waals surface area contributed by atoms with Gasteiger partial charge in [-0.15, -0.1) is 0 Å². The molecule has 0 radical (unpaired) electrons. The summed E-state index contributed by atoms with van der Waals surface area (Å²) in [7, 11) is -1.85. The van der Waals surface area contributed by atoms with Crippen molar-refractivity contribution < 1.29 is 13.2 Å². The average Bonchev–Trinajstić information content (AvgIpc) is 2.98. The third-order valence-corrected chi connectivity index (χ3v) is 5.91. The van der Waals surface area contributed by atoms with Gasteiger partial charge in [0, 0.05) is 32.6 Å². The number of methoxy groups -OCH3 is 1. The average molecular weight is 352 g/mol. The number of hydrogen-bond donors (Lipinski definition) is 1. The largest absolute Gasteiger partial charge is 0.384 e. The Kier molecular flexibility index (Phi) is 5.19. The van der Waals surface area contributed by atoms with E-state index in [4.69, 9.17) is 4.74 Å². The molecule has 1 aliphatic heterocycles. The van der Waals surface area contributed by atoms with Gasteiger partial charge >= 0.3 is 0 Å². The number of aromatic nitrogens is 2. The van der Waals surface area contributed by atoms with E-state index >= 15 is 0 Å². The summed E-state index contributed by atoms with van der Waals surface area (Å²) in [5.41, 5.74) is 2.62. The number of aryl methyl sites for hydroxylation is 1. The molecule has 0 aromatic carbocycles. The SMILES string of the molecule is COCC1CCCN(S(=O)(=O)NCc2cn3cccc(C)c3n2)C1. The number of rotatable bonds is 6. The van der Waals surface area contributed by atoms with Gasteiger partial charge < -0.3 is 9.14 Å². The first-order chi connectivity index (χ1) is 11.5. The van der Waals surface area contributed by atoms with Crippen LogP contribution in [0.15, 0.2) is 24.5 Å². The Balaban J connectivity index is 1.66. The van der Waals surface area contributed by atoms with Crippen LogP contribution in [0, 0.1) is 12.8 Å². The topological polar surface area (TPSA) is 75.9 Å². The van der Waals surface area contributed by atoms with Crippen LogP contribution in [0.3, 0.4) is 0 Å². The summed E-state index contributed by atoms with van der Waals surface area (Å²) >= 11 is 0. The summed E-state index contributed by atoms with van der Waals surface area (Å²) in [5, 5.41) is 0. The molecule has 1 saturated heterocycles. The van der Waals surface area contributed by atoms with Crippen LogP contribution >= 0.6 is 0 Å². The van der Waals surface area contributed by atoms with Gasteiger partial charge in [0.25, 0.3) is 10.2 Å². The highest BCUT2D eigenvalue weighted by molar-refractivity contribution is 7.87. The molecule has 7 nitrogen and oxygen atoms in total. The fourth-order valence-corrected chi connectivity index (χ4v) is 4.45. The van der Waals surface area contributed by atoms with Crippen molar-refractivity contribution in [1.82, 2.24) is 18.4 Å². The van der Waals surface area contributed by atoms with Gasteiger partial charge in [-0.05, 0) is 37.3 Å². The zero-order valence-electron chi connectivity index (χ0n) is 14.1. The van der Waals surface area contributed by atoms with E-state index in [1.165, 1.54) is 4.31 Å². The molecular formula is C16H24N4O3S. The molecule has 0 amide bonds. The lowest BCUT2D eigenvalue weighted by atomic mass is 10.0. The minimum absolute atomic E-state index is 0.189. The molecular weight excluding hydrogens is 328 g/mol. The Morgan fingerprint density at radius 2 is 2.29 bits per heavy atom. The maximum Gasteiger partial charge on any atom is 0.279 e. The molecule has 1 N–H and O–H groups in total. The number of piperidine rings is 1. The lowest BCUT2D eigenvalue weighted by Gasteiger charge is -2.31. The van der Waals surface area contributed by atoms with Crippen LogP contribution in [0.2, 0.25) is 0 Å². The molecule has 2 aromatic rings. The molecule has 1 fully saturated rings. The number of fused-ring (bicyclic) bond motifs is 1. The van der Waals surface area contributed by atoms with E-state index in [2.05, 4.69) is 9.71 Å². The van der Waals surface area contributed by atoms with Crippen LogP contribution < -0.4 is 4.72 Å². The highest BCUT2D eigenvalue weighted by Gasteiger charge is 2.28. The van der Waals surface area contributed by atoms with Crippen molar-refractivity contribution >= 4 is 15.9 Å². The normalized spacial score (nSPS) is 19.8. The molecule has 3 heterocycles. The van der Waals surface area contributed by atoms with Crippen molar-refractivity contribution in [2.24, 2.45) is 5.92 Å². The Bertz CT molecular complexity index is 801. The monoisotopic (exact) mass is 352 g/mol. The third kappa shape index (κ3) is 3.77. The van der Waals surface area contributed by atoms with Crippen LogP contribution in [-0.2, 0) is 21.5 Å². The van der Waals surface area contributed by atoms with Gasteiger partial charge in [0.1, 0.15) is 5.65 Å². The Morgan fingerprint density at radius 1 is 1.46 bits per heavy atom. The van der Waals surface area contributed by atoms with Gasteiger partial charge in [0.05, 0.1) is 18.8 Å². The second-order valence-electron chi connectivity index (χ2n) is 6.30. The van der Waals surface area contributed by atoms with Crippen molar-refractivity contribution in [3.05, 3.63) is 35.8 Å².